The summed E-state index contributed by atoms with van der Waals surface area (Å²) >= 11 is 0. The van der Waals surface area contributed by atoms with Crippen molar-refractivity contribution in [1.82, 2.24) is 0 Å². The number of carbonyl (C=O) groups is 2. The zero-order chi connectivity index (χ0) is 17.5. The molecule has 0 N–H and O–H groups in total. The summed E-state index contributed by atoms with van der Waals surface area (Å²) in [6.07, 6.45) is 9.34. The van der Waals surface area contributed by atoms with Crippen molar-refractivity contribution in [3.63, 3.8) is 0 Å². The van der Waals surface area contributed by atoms with Gasteiger partial charge in [-0.25, -0.2) is 0 Å². The highest BCUT2D eigenvalue weighted by molar-refractivity contribution is 5.77. The van der Waals surface area contributed by atoms with Crippen LogP contribution in [0.25, 0.3) is 0 Å². The lowest BCUT2D eigenvalue weighted by Gasteiger charge is -2.61. The van der Waals surface area contributed by atoms with E-state index in [1.54, 1.807) is 0 Å². The number of rotatable bonds is 3. The average Bonchev–Trinajstić information content (AvgIpc) is 2.56. The number of fused-ring (bicyclic) bond motifs is 3. The Bertz CT molecular complexity index is 539. The van der Waals surface area contributed by atoms with E-state index in [9.17, 15) is 9.59 Å². The normalized spacial score (nSPS) is 45.0. The van der Waals surface area contributed by atoms with Crippen molar-refractivity contribution in [1.29, 1.82) is 0 Å². The third-order valence-electron chi connectivity index (χ3n) is 7.95. The third-order valence-corrected chi connectivity index (χ3v) is 7.95. The molecule has 0 spiro atoms. The molecule has 3 saturated carbocycles. The second kappa shape index (κ2) is 6.31. The fraction of sp³-hybridized carbons (Fsp3) is 0.810. The highest BCUT2D eigenvalue weighted by Crippen LogP contribution is 2.65. The number of methoxy groups -OCH3 is 1. The molecule has 134 valence electrons. The van der Waals surface area contributed by atoms with E-state index in [0.717, 1.165) is 38.4 Å². The number of hydrogen-bond acceptors (Lipinski definition) is 3. The van der Waals surface area contributed by atoms with Gasteiger partial charge in [-0.3, -0.25) is 4.79 Å². The SMILES string of the molecule is C=C1CCC2[C@@H](CCC3[C@]2(C)CCC[C@]3(C)C(=O)OC)[C@@H]1CC=O. The first-order valence-corrected chi connectivity index (χ1v) is 9.58. The van der Waals surface area contributed by atoms with Gasteiger partial charge in [0.2, 0.25) is 0 Å². The minimum Gasteiger partial charge on any atom is -0.469 e. The van der Waals surface area contributed by atoms with Gasteiger partial charge in [-0.2, -0.15) is 0 Å². The molecule has 0 aromatic rings. The fourth-order valence-electron chi connectivity index (χ4n) is 6.83. The van der Waals surface area contributed by atoms with Crippen LogP contribution >= 0.6 is 0 Å². The number of ether oxygens (including phenoxy) is 1. The summed E-state index contributed by atoms with van der Waals surface area (Å²) in [7, 11) is 1.52. The second-order valence-electron chi connectivity index (χ2n) is 8.87. The highest BCUT2D eigenvalue weighted by Gasteiger charge is 2.60. The van der Waals surface area contributed by atoms with Crippen LogP contribution in [0.15, 0.2) is 12.2 Å². The van der Waals surface area contributed by atoms with Crippen LogP contribution in [0.5, 0.6) is 0 Å². The summed E-state index contributed by atoms with van der Waals surface area (Å²) in [5.74, 6) is 1.90. The van der Waals surface area contributed by atoms with Crippen molar-refractivity contribution in [3.05, 3.63) is 12.2 Å². The average molecular weight is 332 g/mol. The van der Waals surface area contributed by atoms with Crippen LogP contribution in [0.1, 0.15) is 65.2 Å². The van der Waals surface area contributed by atoms with Crippen molar-refractivity contribution in [2.75, 3.05) is 7.11 Å². The van der Waals surface area contributed by atoms with E-state index in [-0.39, 0.29) is 16.8 Å². The van der Waals surface area contributed by atoms with E-state index in [1.807, 2.05) is 0 Å². The van der Waals surface area contributed by atoms with Gasteiger partial charge in [0, 0.05) is 6.42 Å². The Balaban J connectivity index is 1.94. The summed E-state index contributed by atoms with van der Waals surface area (Å²) in [5, 5.41) is 0. The van der Waals surface area contributed by atoms with Gasteiger partial charge in [-0.05, 0) is 74.5 Å². The monoisotopic (exact) mass is 332 g/mol. The van der Waals surface area contributed by atoms with Crippen LogP contribution in [0.2, 0.25) is 0 Å². The Hall–Kier alpha value is -1.12. The smallest absolute Gasteiger partial charge is 0.311 e. The molecule has 3 aliphatic rings. The molecule has 0 aromatic heterocycles. The molecular formula is C21H32O3. The number of hydrogen-bond donors (Lipinski definition) is 0. The van der Waals surface area contributed by atoms with Crippen LogP contribution < -0.4 is 0 Å². The molecule has 0 amide bonds. The standard InChI is InChI=1S/C21H32O3/c1-14-6-8-17-16(15(14)10-13-22)7-9-18-20(17,2)11-5-12-21(18,3)19(23)24-4/h13,15-18H,1,5-12H2,2-4H3/t15-,16+,17?,18?,20-,21+/m1/s1. The largest absolute Gasteiger partial charge is 0.469 e. The van der Waals surface area contributed by atoms with Crippen molar-refractivity contribution in [2.45, 2.75) is 65.2 Å². The van der Waals surface area contributed by atoms with Crippen LogP contribution in [-0.4, -0.2) is 19.4 Å². The number of carbonyl (C=O) groups excluding carboxylic acids is 2. The molecule has 24 heavy (non-hydrogen) atoms. The Morgan fingerprint density at radius 3 is 2.71 bits per heavy atom. The predicted octanol–water partition coefficient (Wildman–Crippen LogP) is 4.55. The maximum Gasteiger partial charge on any atom is 0.311 e. The summed E-state index contributed by atoms with van der Waals surface area (Å²) < 4.78 is 5.20. The lowest BCUT2D eigenvalue weighted by Crippen LogP contribution is -2.57. The molecule has 6 atom stereocenters. The molecule has 3 fully saturated rings. The van der Waals surface area contributed by atoms with E-state index < -0.39 is 0 Å². The van der Waals surface area contributed by atoms with E-state index >= 15 is 0 Å². The molecular weight excluding hydrogens is 300 g/mol. The van der Waals surface area contributed by atoms with E-state index in [0.29, 0.717) is 30.1 Å². The fourth-order valence-corrected chi connectivity index (χ4v) is 6.83. The Kier molecular flexibility index (Phi) is 4.65. The van der Waals surface area contributed by atoms with Crippen molar-refractivity contribution in [2.24, 2.45) is 34.5 Å². The van der Waals surface area contributed by atoms with Crippen molar-refractivity contribution in [3.8, 4) is 0 Å². The molecule has 0 bridgehead atoms. The van der Waals surface area contributed by atoms with E-state index in [1.165, 1.54) is 25.5 Å². The molecule has 0 aromatic carbocycles. The van der Waals surface area contributed by atoms with Gasteiger partial charge < -0.3 is 9.53 Å². The molecule has 3 heteroatoms. The van der Waals surface area contributed by atoms with E-state index in [2.05, 4.69) is 20.4 Å². The molecule has 3 rings (SSSR count). The maximum absolute atomic E-state index is 12.6. The molecule has 2 unspecified atom stereocenters. The molecule has 0 radical (unpaired) electrons. The minimum atomic E-state index is -0.346. The van der Waals surface area contributed by atoms with Gasteiger partial charge in [0.25, 0.3) is 0 Å². The molecule has 0 aliphatic heterocycles. The first-order valence-electron chi connectivity index (χ1n) is 9.58. The zero-order valence-corrected chi connectivity index (χ0v) is 15.5. The first kappa shape index (κ1) is 17.7. The van der Waals surface area contributed by atoms with Gasteiger partial charge in [0.05, 0.1) is 12.5 Å². The van der Waals surface area contributed by atoms with Crippen molar-refractivity contribution < 1.29 is 14.3 Å². The van der Waals surface area contributed by atoms with Crippen LogP contribution in [-0.2, 0) is 14.3 Å². The van der Waals surface area contributed by atoms with Gasteiger partial charge in [-0.15, -0.1) is 0 Å². The number of allylic oxidation sites excluding steroid dienone is 1. The summed E-state index contributed by atoms with van der Waals surface area (Å²) in [6, 6.07) is 0. The van der Waals surface area contributed by atoms with Gasteiger partial charge in [0.1, 0.15) is 6.29 Å². The zero-order valence-electron chi connectivity index (χ0n) is 15.5. The van der Waals surface area contributed by atoms with Gasteiger partial charge in [0.15, 0.2) is 0 Å². The van der Waals surface area contributed by atoms with Crippen LogP contribution in [0.3, 0.4) is 0 Å². The summed E-state index contributed by atoms with van der Waals surface area (Å²) in [4.78, 5) is 23.8. The molecule has 3 nitrogen and oxygen atoms in total. The molecule has 0 saturated heterocycles. The van der Waals surface area contributed by atoms with Gasteiger partial charge >= 0.3 is 5.97 Å². The predicted molar refractivity (Wildman–Crippen MR) is 94.3 cm³/mol. The highest BCUT2D eigenvalue weighted by atomic mass is 16.5. The maximum atomic E-state index is 12.6. The Morgan fingerprint density at radius 2 is 2.04 bits per heavy atom. The topological polar surface area (TPSA) is 43.4 Å². The minimum absolute atomic E-state index is 0.0264. The van der Waals surface area contributed by atoms with Crippen molar-refractivity contribution >= 4 is 12.3 Å². The first-order chi connectivity index (χ1) is 11.4. The second-order valence-corrected chi connectivity index (χ2v) is 8.87. The van der Waals surface area contributed by atoms with Gasteiger partial charge in [-0.1, -0.05) is 25.5 Å². The Morgan fingerprint density at radius 1 is 1.29 bits per heavy atom. The number of aldehydes is 1. The number of esters is 1. The van der Waals surface area contributed by atoms with Crippen LogP contribution in [0, 0.1) is 34.5 Å². The molecule has 0 heterocycles. The third kappa shape index (κ3) is 2.46. The lowest BCUT2D eigenvalue weighted by atomic mass is 9.43. The Labute approximate surface area is 146 Å². The summed E-state index contributed by atoms with van der Waals surface area (Å²) in [6.45, 7) is 8.82. The van der Waals surface area contributed by atoms with Crippen LogP contribution in [0.4, 0.5) is 0 Å². The quantitative estimate of drug-likeness (QED) is 0.432. The summed E-state index contributed by atoms with van der Waals surface area (Å²) in [5.41, 5.74) is 1.12. The van der Waals surface area contributed by atoms with E-state index in [4.69, 9.17) is 4.74 Å². The lowest BCUT2D eigenvalue weighted by molar-refractivity contribution is -0.176. The molecule has 3 aliphatic carbocycles.